The first-order valence-electron chi connectivity index (χ1n) is 16.8. The van der Waals surface area contributed by atoms with Crippen LogP contribution >= 0.6 is 0 Å². The summed E-state index contributed by atoms with van der Waals surface area (Å²) in [5.41, 5.74) is 6.86. The number of benzene rings is 1. The highest BCUT2D eigenvalue weighted by Gasteiger charge is 2.18. The van der Waals surface area contributed by atoms with Gasteiger partial charge >= 0.3 is 0 Å². The molecule has 43 heavy (non-hydrogen) atoms. The van der Waals surface area contributed by atoms with Crippen LogP contribution in [0.1, 0.15) is 139 Å². The minimum absolute atomic E-state index is 0.0103. The predicted octanol–water partition coefficient (Wildman–Crippen LogP) is 10.2. The summed E-state index contributed by atoms with van der Waals surface area (Å²) in [6.07, 6.45) is 29.5. The van der Waals surface area contributed by atoms with E-state index in [1.807, 2.05) is 24.5 Å². The van der Waals surface area contributed by atoms with Gasteiger partial charge in [-0.1, -0.05) is 116 Å². The normalized spacial score (nSPS) is 17.9. The summed E-state index contributed by atoms with van der Waals surface area (Å²) in [6, 6.07) is 8.08. The molecule has 230 valence electrons. The molecule has 0 radical (unpaired) electrons. The molecule has 1 heterocycles. The first-order chi connectivity index (χ1) is 20.8. The van der Waals surface area contributed by atoms with Gasteiger partial charge in [-0.25, -0.2) is 9.97 Å². The third-order valence-electron chi connectivity index (χ3n) is 9.03. The summed E-state index contributed by atoms with van der Waals surface area (Å²) >= 11 is 0. The topological polar surface area (TPSA) is 54.9 Å². The van der Waals surface area contributed by atoms with Crippen LogP contribution in [0.25, 0.3) is 11.1 Å². The van der Waals surface area contributed by atoms with E-state index in [2.05, 4.69) is 82.4 Å². The largest absolute Gasteiger partial charge is 0.349 e. The summed E-state index contributed by atoms with van der Waals surface area (Å²) in [4.78, 5) is 22.5. The fourth-order valence-corrected chi connectivity index (χ4v) is 6.05. The molecule has 0 bridgehead atoms. The standard InChI is InChI=1S/C39H53N3O/c1-6-8-9-10-11-13-29-16-19-31(20-17-29)34-27-40-37(41-28-34)32-15-12-14-30(18-21-32)26-36(7-2)42-38(43)33-22-24-35(25-23-33)39(3,4)5/h14-15,18-19,21-25,27-29,36H,6-13,16-17,20,26H2,1-5H3,(H,42,43)/t29-,36?/m1/s1. The highest BCUT2D eigenvalue weighted by molar-refractivity contribution is 5.94. The van der Waals surface area contributed by atoms with Crippen molar-refractivity contribution in [1.29, 1.82) is 0 Å². The van der Waals surface area contributed by atoms with Crippen LogP contribution in [0.2, 0.25) is 0 Å². The number of carbonyl (C=O) groups is 1. The number of hydrogen-bond donors (Lipinski definition) is 1. The maximum atomic E-state index is 13.0. The lowest BCUT2D eigenvalue weighted by Gasteiger charge is -2.22. The van der Waals surface area contributed by atoms with Gasteiger partial charge in [-0.15, -0.1) is 0 Å². The number of nitrogens with one attached hydrogen (secondary N) is 1. The average Bonchev–Trinajstić information content (AvgIpc) is 3.26. The first-order valence-corrected chi connectivity index (χ1v) is 16.8. The molecule has 1 N–H and O–H groups in total. The highest BCUT2D eigenvalue weighted by Crippen LogP contribution is 2.33. The molecule has 0 saturated carbocycles. The van der Waals surface area contributed by atoms with E-state index in [9.17, 15) is 4.79 Å². The minimum atomic E-state index is -0.0103. The first kappa shape index (κ1) is 32.6. The molecule has 0 aliphatic heterocycles. The van der Waals surface area contributed by atoms with Crippen LogP contribution in [0, 0.1) is 5.92 Å². The molecule has 1 aromatic carbocycles. The van der Waals surface area contributed by atoms with E-state index in [1.54, 1.807) is 0 Å². The Balaban J connectivity index is 1.28. The number of allylic oxidation sites excluding steroid dienone is 7. The maximum Gasteiger partial charge on any atom is 0.251 e. The van der Waals surface area contributed by atoms with E-state index >= 15 is 0 Å². The number of rotatable bonds is 13. The summed E-state index contributed by atoms with van der Waals surface area (Å²) in [6.45, 7) is 11.0. The van der Waals surface area contributed by atoms with Crippen molar-refractivity contribution in [2.75, 3.05) is 0 Å². The molecule has 0 saturated heterocycles. The van der Waals surface area contributed by atoms with E-state index in [1.165, 1.54) is 68.1 Å². The molecule has 1 aromatic heterocycles. The maximum absolute atomic E-state index is 13.0. The van der Waals surface area contributed by atoms with Crippen LogP contribution in [0.4, 0.5) is 0 Å². The second-order valence-electron chi connectivity index (χ2n) is 13.5. The van der Waals surface area contributed by atoms with Gasteiger partial charge in [0.05, 0.1) is 0 Å². The number of carbonyl (C=O) groups excluding carboxylic acids is 1. The van der Waals surface area contributed by atoms with E-state index in [0.717, 1.165) is 48.6 Å². The van der Waals surface area contributed by atoms with Gasteiger partial charge in [-0.3, -0.25) is 4.79 Å². The zero-order chi connectivity index (χ0) is 30.7. The number of amides is 1. The molecular weight excluding hydrogens is 526 g/mol. The smallest absolute Gasteiger partial charge is 0.251 e. The lowest BCUT2D eigenvalue weighted by Crippen LogP contribution is -2.34. The van der Waals surface area contributed by atoms with Crippen molar-refractivity contribution in [3.05, 3.63) is 95.1 Å². The summed E-state index contributed by atoms with van der Waals surface area (Å²) < 4.78 is 0. The lowest BCUT2D eigenvalue weighted by atomic mass is 9.84. The zero-order valence-corrected chi connectivity index (χ0v) is 27.3. The molecule has 2 aromatic rings. The monoisotopic (exact) mass is 579 g/mol. The molecule has 1 unspecified atom stereocenters. The van der Waals surface area contributed by atoms with Crippen molar-refractivity contribution in [1.82, 2.24) is 15.3 Å². The van der Waals surface area contributed by atoms with Crippen LogP contribution in [-0.4, -0.2) is 21.9 Å². The highest BCUT2D eigenvalue weighted by atomic mass is 16.1. The molecule has 0 fully saturated rings. The van der Waals surface area contributed by atoms with Gasteiger partial charge in [0.15, 0.2) is 5.82 Å². The van der Waals surface area contributed by atoms with Gasteiger partial charge in [-0.05, 0) is 78.7 Å². The Kier molecular flexibility index (Phi) is 12.1. The third-order valence-corrected chi connectivity index (χ3v) is 9.03. The predicted molar refractivity (Wildman–Crippen MR) is 182 cm³/mol. The van der Waals surface area contributed by atoms with E-state index in [0.29, 0.717) is 5.56 Å². The Morgan fingerprint density at radius 1 is 0.953 bits per heavy atom. The van der Waals surface area contributed by atoms with Crippen LogP contribution < -0.4 is 5.32 Å². The van der Waals surface area contributed by atoms with Crippen molar-refractivity contribution in [3.63, 3.8) is 0 Å². The minimum Gasteiger partial charge on any atom is -0.349 e. The summed E-state index contributed by atoms with van der Waals surface area (Å²) in [5.74, 6) is 1.60. The Labute approximate surface area is 260 Å². The van der Waals surface area contributed by atoms with Gasteiger partial charge in [0.1, 0.15) is 0 Å². The Morgan fingerprint density at radius 2 is 1.70 bits per heavy atom. The zero-order valence-electron chi connectivity index (χ0n) is 27.3. The van der Waals surface area contributed by atoms with Crippen LogP contribution in [0.5, 0.6) is 0 Å². The third kappa shape index (κ3) is 9.88. The molecule has 4 nitrogen and oxygen atoms in total. The van der Waals surface area contributed by atoms with Crippen molar-refractivity contribution >= 4 is 17.1 Å². The molecule has 2 atom stereocenters. The molecule has 1 amide bonds. The Morgan fingerprint density at radius 3 is 2.35 bits per heavy atom. The fraction of sp³-hybridized carbons (Fsp3) is 0.513. The SMILES string of the molecule is CCCCCCC[C@@H]1CC=C(c2cnc(C3=CCC=C(CC(CC)NC(=O)c4ccc(C(C)(C)C)cc4)C=C3)nc2)CC1. The average molecular weight is 580 g/mol. The number of nitrogens with zero attached hydrogens (tertiary/aromatic N) is 2. The van der Waals surface area contributed by atoms with Crippen molar-refractivity contribution in [2.45, 2.75) is 123 Å². The van der Waals surface area contributed by atoms with Crippen LogP contribution in [0.3, 0.4) is 0 Å². The van der Waals surface area contributed by atoms with Gasteiger partial charge in [0.2, 0.25) is 0 Å². The number of aromatic nitrogens is 2. The van der Waals surface area contributed by atoms with E-state index in [-0.39, 0.29) is 17.4 Å². The fourth-order valence-electron chi connectivity index (χ4n) is 6.05. The Hall–Kier alpha value is -3.27. The molecule has 0 spiro atoms. The van der Waals surface area contributed by atoms with Crippen LogP contribution in [-0.2, 0) is 5.41 Å². The second-order valence-corrected chi connectivity index (χ2v) is 13.5. The van der Waals surface area contributed by atoms with Crippen LogP contribution in [0.15, 0.2) is 72.6 Å². The molecule has 4 rings (SSSR count). The second kappa shape index (κ2) is 16.0. The van der Waals surface area contributed by atoms with Crippen molar-refractivity contribution in [2.24, 2.45) is 5.92 Å². The summed E-state index contributed by atoms with van der Waals surface area (Å²) in [7, 11) is 0. The quantitative estimate of drug-likeness (QED) is 0.240. The van der Waals surface area contributed by atoms with E-state index < -0.39 is 0 Å². The van der Waals surface area contributed by atoms with Gasteiger partial charge < -0.3 is 5.32 Å². The van der Waals surface area contributed by atoms with Crippen molar-refractivity contribution < 1.29 is 4.79 Å². The lowest BCUT2D eigenvalue weighted by molar-refractivity contribution is 0.0936. The van der Waals surface area contributed by atoms with Crippen molar-refractivity contribution in [3.8, 4) is 0 Å². The molecule has 2 aliphatic carbocycles. The van der Waals surface area contributed by atoms with Gasteiger partial charge in [0.25, 0.3) is 5.91 Å². The number of hydrogen-bond acceptors (Lipinski definition) is 3. The number of unbranched alkanes of at least 4 members (excludes halogenated alkanes) is 4. The van der Waals surface area contributed by atoms with E-state index in [4.69, 9.17) is 9.97 Å². The van der Waals surface area contributed by atoms with Gasteiger partial charge in [0, 0.05) is 35.1 Å². The Bertz CT molecular complexity index is 1310. The molecule has 2 aliphatic rings. The molecule has 4 heteroatoms. The van der Waals surface area contributed by atoms with Gasteiger partial charge in [-0.2, -0.15) is 0 Å². The molecular formula is C39H53N3O. The summed E-state index contributed by atoms with van der Waals surface area (Å²) in [5, 5.41) is 3.25.